The fourth-order valence-corrected chi connectivity index (χ4v) is 5.22. The van der Waals surface area contributed by atoms with Crippen molar-refractivity contribution in [2.24, 2.45) is 5.41 Å². The second kappa shape index (κ2) is 9.76. The lowest BCUT2D eigenvalue weighted by atomic mass is 9.79. The van der Waals surface area contributed by atoms with Gasteiger partial charge < -0.3 is 24.2 Å². The van der Waals surface area contributed by atoms with Gasteiger partial charge in [0.05, 0.1) is 35.2 Å². The van der Waals surface area contributed by atoms with Crippen LogP contribution in [0.4, 0.5) is 5.82 Å². The van der Waals surface area contributed by atoms with Crippen LogP contribution in [0.1, 0.15) is 29.9 Å². The van der Waals surface area contributed by atoms with Crippen molar-refractivity contribution in [2.45, 2.75) is 33.6 Å². The second-order valence-corrected chi connectivity index (χ2v) is 10.1. The minimum absolute atomic E-state index is 0.236. The number of halogens is 1. The summed E-state index contributed by atoms with van der Waals surface area (Å²) in [5.41, 5.74) is 4.51. The Morgan fingerprint density at radius 3 is 2.71 bits per heavy atom. The highest BCUT2D eigenvalue weighted by molar-refractivity contribution is 6.33. The number of nitrogens with zero attached hydrogens (tertiary/aromatic N) is 4. The largest absolute Gasteiger partial charge is 0.494 e. The summed E-state index contributed by atoms with van der Waals surface area (Å²) in [6, 6.07) is 5.65. The van der Waals surface area contributed by atoms with Crippen molar-refractivity contribution in [3.8, 4) is 28.4 Å². The first-order chi connectivity index (χ1) is 16.9. The number of anilines is 1. The minimum Gasteiger partial charge on any atom is -0.494 e. The van der Waals surface area contributed by atoms with E-state index >= 15 is 0 Å². The first kappa shape index (κ1) is 24.0. The van der Waals surface area contributed by atoms with Gasteiger partial charge in [-0.25, -0.2) is 9.97 Å². The van der Waals surface area contributed by atoms with E-state index in [1.807, 2.05) is 39.1 Å². The Bertz CT molecular complexity index is 1190. The van der Waals surface area contributed by atoms with Gasteiger partial charge in [-0.2, -0.15) is 0 Å². The maximum absolute atomic E-state index is 6.67. The molecule has 9 heteroatoms. The van der Waals surface area contributed by atoms with E-state index < -0.39 is 0 Å². The summed E-state index contributed by atoms with van der Waals surface area (Å²) in [6.07, 6.45) is 2.01. The first-order valence-corrected chi connectivity index (χ1v) is 12.5. The van der Waals surface area contributed by atoms with Crippen LogP contribution >= 0.6 is 11.6 Å². The lowest BCUT2D eigenvalue weighted by molar-refractivity contribution is 0.131. The first-order valence-electron chi connectivity index (χ1n) is 12.1. The Balaban J connectivity index is 1.55. The van der Waals surface area contributed by atoms with Gasteiger partial charge in [-0.3, -0.25) is 0 Å². The van der Waals surface area contributed by atoms with Gasteiger partial charge in [0.2, 0.25) is 0 Å². The molecule has 0 aliphatic carbocycles. The van der Waals surface area contributed by atoms with Gasteiger partial charge in [0, 0.05) is 36.2 Å². The number of aromatic nitrogens is 3. The average molecular weight is 498 g/mol. The summed E-state index contributed by atoms with van der Waals surface area (Å²) in [6.45, 7) is 10.9. The maximum atomic E-state index is 6.67. The van der Waals surface area contributed by atoms with E-state index in [1.165, 1.54) is 0 Å². The van der Waals surface area contributed by atoms with Crippen molar-refractivity contribution in [2.75, 3.05) is 51.4 Å². The average Bonchev–Trinajstić information content (AvgIpc) is 3.44. The number of rotatable bonds is 8. The molecule has 35 heavy (non-hydrogen) atoms. The van der Waals surface area contributed by atoms with Crippen LogP contribution in [-0.2, 0) is 4.74 Å². The van der Waals surface area contributed by atoms with E-state index in [4.69, 9.17) is 35.6 Å². The van der Waals surface area contributed by atoms with Crippen molar-refractivity contribution in [1.29, 1.82) is 0 Å². The summed E-state index contributed by atoms with van der Waals surface area (Å²) in [4.78, 5) is 12.4. The summed E-state index contributed by atoms with van der Waals surface area (Å²) in [5, 5.41) is 7.88. The lowest BCUT2D eigenvalue weighted by Crippen LogP contribution is -2.57. The van der Waals surface area contributed by atoms with E-state index in [1.54, 1.807) is 0 Å². The Kier molecular flexibility index (Phi) is 6.70. The van der Waals surface area contributed by atoms with Gasteiger partial charge >= 0.3 is 0 Å². The zero-order valence-electron chi connectivity index (χ0n) is 20.8. The van der Waals surface area contributed by atoms with Gasteiger partial charge in [-0.1, -0.05) is 16.8 Å². The number of ether oxygens (including phenoxy) is 2. The number of hydrogen-bond acceptors (Lipinski definition) is 8. The van der Waals surface area contributed by atoms with Crippen LogP contribution in [0, 0.1) is 26.2 Å². The molecule has 1 spiro atoms. The Labute approximate surface area is 211 Å². The molecule has 0 radical (unpaired) electrons. The molecule has 1 N–H and O–H groups in total. The topological polar surface area (TPSA) is 85.5 Å². The van der Waals surface area contributed by atoms with Crippen LogP contribution < -0.4 is 15.0 Å². The summed E-state index contributed by atoms with van der Waals surface area (Å²) >= 11 is 6.67. The molecule has 0 unspecified atom stereocenters. The van der Waals surface area contributed by atoms with Crippen LogP contribution in [0.2, 0.25) is 5.02 Å². The van der Waals surface area contributed by atoms with Gasteiger partial charge in [0.1, 0.15) is 17.3 Å². The fourth-order valence-electron chi connectivity index (χ4n) is 5.01. The smallest absolute Gasteiger partial charge is 0.163 e. The van der Waals surface area contributed by atoms with Crippen molar-refractivity contribution in [3.05, 3.63) is 40.2 Å². The third-order valence-electron chi connectivity index (χ3n) is 6.95. The fraction of sp³-hybridized carbons (Fsp3) is 0.500. The highest BCUT2D eigenvalue weighted by Gasteiger charge is 2.47. The Hall–Kier alpha value is -2.68. The highest BCUT2D eigenvalue weighted by atomic mass is 35.5. The summed E-state index contributed by atoms with van der Waals surface area (Å²) in [5.74, 6) is 2.96. The number of aryl methyl sites for hydroxylation is 2. The quantitative estimate of drug-likeness (QED) is 0.452. The molecule has 5 rings (SSSR count). The zero-order valence-corrected chi connectivity index (χ0v) is 21.5. The monoisotopic (exact) mass is 497 g/mol. The molecule has 0 saturated carbocycles. The molecule has 8 nitrogen and oxygen atoms in total. The van der Waals surface area contributed by atoms with E-state index in [0.717, 1.165) is 91.1 Å². The molecule has 2 aliphatic rings. The minimum atomic E-state index is 0.236. The molecular weight excluding hydrogens is 466 g/mol. The van der Waals surface area contributed by atoms with Crippen molar-refractivity contribution < 1.29 is 14.0 Å². The predicted molar refractivity (Wildman–Crippen MR) is 136 cm³/mol. The molecule has 2 saturated heterocycles. The molecule has 186 valence electrons. The lowest BCUT2D eigenvalue weighted by Gasteiger charge is -2.48. The van der Waals surface area contributed by atoms with Crippen molar-refractivity contribution >= 4 is 17.4 Å². The van der Waals surface area contributed by atoms with Gasteiger partial charge in [-0.05, 0) is 65.4 Å². The van der Waals surface area contributed by atoms with Crippen LogP contribution in [0.25, 0.3) is 22.6 Å². The van der Waals surface area contributed by atoms with Crippen LogP contribution in [0.3, 0.4) is 0 Å². The van der Waals surface area contributed by atoms with E-state index in [0.29, 0.717) is 17.5 Å². The van der Waals surface area contributed by atoms with E-state index in [-0.39, 0.29) is 5.41 Å². The highest BCUT2D eigenvalue weighted by Crippen LogP contribution is 2.44. The molecule has 2 aliphatic heterocycles. The SMILES string of the molecule is CNCCCOc1ccc(Cl)c(-c2nc(-c3c(C)noc3C)c(C)c(N3CC4(CCOC4)C3)n2)c1. The van der Waals surface area contributed by atoms with Crippen LogP contribution in [0.5, 0.6) is 5.75 Å². The molecule has 2 aromatic heterocycles. The van der Waals surface area contributed by atoms with Crippen LogP contribution in [0.15, 0.2) is 22.7 Å². The van der Waals surface area contributed by atoms with Gasteiger partial charge in [-0.15, -0.1) is 0 Å². The molecular formula is C26H32ClN5O3. The van der Waals surface area contributed by atoms with E-state index in [2.05, 4.69) is 22.3 Å². The number of nitrogens with one attached hydrogen (secondary N) is 1. The van der Waals surface area contributed by atoms with Crippen LogP contribution in [-0.4, -0.2) is 61.6 Å². The summed E-state index contributed by atoms with van der Waals surface area (Å²) in [7, 11) is 1.93. The van der Waals surface area contributed by atoms with E-state index in [9.17, 15) is 0 Å². The van der Waals surface area contributed by atoms with Gasteiger partial charge in [0.25, 0.3) is 0 Å². The zero-order chi connectivity index (χ0) is 24.6. The van der Waals surface area contributed by atoms with Crippen molar-refractivity contribution in [1.82, 2.24) is 20.4 Å². The molecule has 0 atom stereocenters. The molecule has 0 bridgehead atoms. The third-order valence-corrected chi connectivity index (χ3v) is 7.28. The second-order valence-electron chi connectivity index (χ2n) is 9.65. The Morgan fingerprint density at radius 2 is 2.03 bits per heavy atom. The molecule has 2 fully saturated rings. The predicted octanol–water partition coefficient (Wildman–Crippen LogP) is 4.59. The number of hydrogen-bond donors (Lipinski definition) is 1. The molecule has 1 aromatic carbocycles. The molecule has 4 heterocycles. The Morgan fingerprint density at radius 1 is 1.20 bits per heavy atom. The normalized spacial score (nSPS) is 16.7. The van der Waals surface area contributed by atoms with Crippen molar-refractivity contribution in [3.63, 3.8) is 0 Å². The van der Waals surface area contributed by atoms with Gasteiger partial charge in [0.15, 0.2) is 5.82 Å². The summed E-state index contributed by atoms with van der Waals surface area (Å²) < 4.78 is 17.1. The third kappa shape index (κ3) is 4.62. The number of benzene rings is 1. The molecule has 3 aromatic rings. The molecule has 0 amide bonds. The standard InChI is InChI=1S/C26H32ClN5O3/c1-16-23(22-17(2)31-35-18(22)3)29-24(30-25(16)32-13-26(14-32)8-11-33-15-26)20-12-19(6-7-21(20)27)34-10-5-9-28-4/h6-7,12,28H,5,8-11,13-15H2,1-4H3. The maximum Gasteiger partial charge on any atom is 0.163 e.